The minimum absolute atomic E-state index is 0.159. The van der Waals surface area contributed by atoms with Gasteiger partial charge in [0.2, 0.25) is 0 Å². The highest BCUT2D eigenvalue weighted by Gasteiger charge is 2.24. The van der Waals surface area contributed by atoms with Crippen LogP contribution in [-0.2, 0) is 4.79 Å². The van der Waals surface area contributed by atoms with Crippen LogP contribution in [0.2, 0.25) is 0 Å². The lowest BCUT2D eigenvalue weighted by Gasteiger charge is -2.13. The molecule has 1 N–H and O–H groups in total. The van der Waals surface area contributed by atoms with Gasteiger partial charge in [0.05, 0.1) is 22.6 Å². The van der Waals surface area contributed by atoms with Gasteiger partial charge in [0, 0.05) is 11.8 Å². The van der Waals surface area contributed by atoms with Crippen LogP contribution >= 0.6 is 11.8 Å². The number of aryl methyl sites for hydroxylation is 2. The first-order valence-electron chi connectivity index (χ1n) is 8.18. The number of hydrogen-bond donors (Lipinski definition) is 1. The van der Waals surface area contributed by atoms with Crippen molar-refractivity contribution in [2.75, 3.05) is 7.11 Å². The van der Waals surface area contributed by atoms with Crippen LogP contribution in [0.3, 0.4) is 0 Å². The predicted octanol–water partition coefficient (Wildman–Crippen LogP) is 3.19. The Balaban J connectivity index is 1.95. The second kappa shape index (κ2) is 7.73. The zero-order chi connectivity index (χ0) is 20.4. The Morgan fingerprint density at radius 3 is 2.68 bits per heavy atom. The molecule has 0 spiro atoms. The molecule has 9 heteroatoms. The Hall–Kier alpha value is -3.33. The van der Waals surface area contributed by atoms with Crippen LogP contribution in [0.1, 0.15) is 16.7 Å². The van der Waals surface area contributed by atoms with Gasteiger partial charge in [-0.1, -0.05) is 12.1 Å². The maximum atomic E-state index is 12.3. The van der Waals surface area contributed by atoms with Crippen LogP contribution < -0.4 is 15.2 Å². The van der Waals surface area contributed by atoms with Crippen molar-refractivity contribution < 1.29 is 19.6 Å². The lowest BCUT2D eigenvalue weighted by Crippen LogP contribution is -2.19. The van der Waals surface area contributed by atoms with Crippen molar-refractivity contribution in [1.29, 1.82) is 0 Å². The van der Waals surface area contributed by atoms with Crippen LogP contribution in [0.15, 0.2) is 40.2 Å². The van der Waals surface area contributed by atoms with E-state index < -0.39 is 16.4 Å². The minimum atomic E-state index is -0.810. The predicted molar refractivity (Wildman–Crippen MR) is 106 cm³/mol. The fraction of sp³-hybridized carbons (Fsp3) is 0.158. The van der Waals surface area contributed by atoms with Gasteiger partial charge in [0.1, 0.15) is 5.75 Å². The fourth-order valence-corrected chi connectivity index (χ4v) is 3.39. The third-order valence-electron chi connectivity index (χ3n) is 4.01. The number of amides is 1. The highest BCUT2D eigenvalue weighted by molar-refractivity contribution is 8.18. The van der Waals surface area contributed by atoms with Crippen molar-refractivity contribution in [2.45, 2.75) is 13.8 Å². The zero-order valence-corrected chi connectivity index (χ0v) is 16.1. The van der Waals surface area contributed by atoms with E-state index in [9.17, 15) is 20.0 Å². The molecule has 2 aromatic rings. The van der Waals surface area contributed by atoms with Crippen molar-refractivity contribution in [3.05, 3.63) is 62.0 Å². The number of hydrogen-bond acceptors (Lipinski definition) is 7. The summed E-state index contributed by atoms with van der Waals surface area (Å²) in [5, 5.41) is 26.1. The molecule has 1 amide bonds. The second-order valence-corrected chi connectivity index (χ2v) is 7.13. The van der Waals surface area contributed by atoms with E-state index in [1.54, 1.807) is 0 Å². The van der Waals surface area contributed by atoms with Crippen LogP contribution in [0.4, 0.5) is 11.4 Å². The molecule has 0 bridgehead atoms. The van der Waals surface area contributed by atoms with Crippen LogP contribution in [0.5, 0.6) is 11.5 Å². The number of nitrogens with one attached hydrogen (secondary N) is 1. The van der Waals surface area contributed by atoms with Gasteiger partial charge >= 0.3 is 0 Å². The van der Waals surface area contributed by atoms with E-state index in [1.165, 1.54) is 19.3 Å². The SMILES string of the molecule is COc1cc(/C=C2\SC(=Nc3cc(C)ccc3C)NC2=O)cc([N+](=O)[O-])c1[O-]. The molecule has 0 saturated carbocycles. The van der Waals surface area contributed by atoms with Gasteiger partial charge in [-0.05, 0) is 60.5 Å². The number of nitro benzene ring substituents is 1. The molecule has 144 valence electrons. The van der Waals surface area contributed by atoms with E-state index in [-0.39, 0.29) is 11.7 Å². The van der Waals surface area contributed by atoms with Gasteiger partial charge in [0.25, 0.3) is 11.6 Å². The molecular weight excluding hydrogens is 382 g/mol. The number of nitrogens with zero attached hydrogens (tertiary/aromatic N) is 2. The summed E-state index contributed by atoms with van der Waals surface area (Å²) in [5.74, 6) is -1.34. The standard InChI is InChI=1S/C19H17N3O5S/c1-10-4-5-11(2)13(6-10)20-19-21-18(24)16(28-19)9-12-7-14(22(25)26)17(23)15(8-12)27-3/h4-9,23H,1-3H3,(H,20,21,24)/p-1/b16-9-. The molecule has 0 radical (unpaired) electrons. The van der Waals surface area contributed by atoms with E-state index in [0.717, 1.165) is 34.6 Å². The number of amidine groups is 1. The maximum absolute atomic E-state index is 12.3. The summed E-state index contributed by atoms with van der Waals surface area (Å²) in [6, 6.07) is 8.31. The molecule has 2 aromatic carbocycles. The summed E-state index contributed by atoms with van der Waals surface area (Å²) in [6.07, 6.45) is 1.46. The van der Waals surface area contributed by atoms with Crippen molar-refractivity contribution in [2.24, 2.45) is 4.99 Å². The number of carbonyl (C=O) groups is 1. The second-order valence-electron chi connectivity index (χ2n) is 6.10. The van der Waals surface area contributed by atoms with Gasteiger partial charge in [-0.25, -0.2) is 4.99 Å². The summed E-state index contributed by atoms with van der Waals surface area (Å²) in [4.78, 5) is 27.4. The Morgan fingerprint density at radius 2 is 2.00 bits per heavy atom. The lowest BCUT2D eigenvalue weighted by atomic mass is 10.1. The number of methoxy groups -OCH3 is 1. The number of benzene rings is 2. The van der Waals surface area contributed by atoms with Crippen LogP contribution in [0, 0.1) is 24.0 Å². The van der Waals surface area contributed by atoms with E-state index in [4.69, 9.17) is 4.74 Å². The summed E-state index contributed by atoms with van der Waals surface area (Å²) in [5.41, 5.74) is 2.47. The molecule has 8 nitrogen and oxygen atoms in total. The Kier molecular flexibility index (Phi) is 5.36. The molecule has 1 saturated heterocycles. The molecule has 0 unspecified atom stereocenters. The smallest absolute Gasteiger partial charge is 0.266 e. The number of nitro groups is 1. The molecular formula is C19H16N3O5S-. The highest BCUT2D eigenvalue weighted by Crippen LogP contribution is 2.36. The van der Waals surface area contributed by atoms with Gasteiger partial charge in [-0.2, -0.15) is 0 Å². The highest BCUT2D eigenvalue weighted by atomic mass is 32.2. The first-order chi connectivity index (χ1) is 13.3. The van der Waals surface area contributed by atoms with E-state index >= 15 is 0 Å². The summed E-state index contributed by atoms with van der Waals surface area (Å²) in [6.45, 7) is 3.88. The Labute approximate surface area is 165 Å². The molecule has 1 fully saturated rings. The Morgan fingerprint density at radius 1 is 1.25 bits per heavy atom. The van der Waals surface area contributed by atoms with Crippen molar-refractivity contribution >= 4 is 40.3 Å². The number of ether oxygens (including phenoxy) is 1. The summed E-state index contributed by atoms with van der Waals surface area (Å²) >= 11 is 1.12. The molecule has 1 heterocycles. The van der Waals surface area contributed by atoms with E-state index in [0.29, 0.717) is 15.6 Å². The normalized spacial score (nSPS) is 16.5. The first-order valence-corrected chi connectivity index (χ1v) is 9.00. The molecule has 1 aliphatic rings. The topological polar surface area (TPSA) is 117 Å². The summed E-state index contributed by atoms with van der Waals surface area (Å²) < 4.78 is 4.91. The lowest BCUT2D eigenvalue weighted by molar-refractivity contribution is -0.398. The quantitative estimate of drug-likeness (QED) is 0.480. The van der Waals surface area contributed by atoms with Gasteiger partial charge in [-0.3, -0.25) is 14.9 Å². The van der Waals surface area contributed by atoms with Crippen LogP contribution in [0.25, 0.3) is 6.08 Å². The molecule has 1 aliphatic heterocycles. The number of rotatable bonds is 4. The maximum Gasteiger partial charge on any atom is 0.266 e. The van der Waals surface area contributed by atoms with Gasteiger partial charge in [-0.15, -0.1) is 0 Å². The third kappa shape index (κ3) is 3.99. The van der Waals surface area contributed by atoms with Gasteiger partial charge < -0.3 is 15.2 Å². The van der Waals surface area contributed by atoms with Crippen molar-refractivity contribution in [1.82, 2.24) is 5.32 Å². The fourth-order valence-electron chi connectivity index (χ4n) is 2.56. The minimum Gasteiger partial charge on any atom is -0.865 e. The monoisotopic (exact) mass is 398 g/mol. The molecule has 0 aliphatic carbocycles. The van der Waals surface area contributed by atoms with E-state index in [1.807, 2.05) is 32.0 Å². The number of aliphatic imine (C=N–C) groups is 1. The largest absolute Gasteiger partial charge is 0.865 e. The summed E-state index contributed by atoms with van der Waals surface area (Å²) in [7, 11) is 1.25. The molecule has 0 aromatic heterocycles. The van der Waals surface area contributed by atoms with Crippen LogP contribution in [-0.4, -0.2) is 23.1 Å². The van der Waals surface area contributed by atoms with Crippen molar-refractivity contribution in [3.8, 4) is 11.5 Å². The number of thioether (sulfide) groups is 1. The molecule has 28 heavy (non-hydrogen) atoms. The van der Waals surface area contributed by atoms with Gasteiger partial charge in [0.15, 0.2) is 5.17 Å². The Bertz CT molecular complexity index is 1050. The first kappa shape index (κ1) is 19.4. The van der Waals surface area contributed by atoms with Crippen molar-refractivity contribution in [3.63, 3.8) is 0 Å². The van der Waals surface area contributed by atoms with E-state index in [2.05, 4.69) is 10.3 Å². The zero-order valence-electron chi connectivity index (χ0n) is 15.3. The average Bonchev–Trinajstić information content (AvgIpc) is 2.98. The average molecular weight is 398 g/mol. The third-order valence-corrected chi connectivity index (χ3v) is 4.92. The molecule has 0 atom stereocenters. The number of carbonyl (C=O) groups excluding carboxylic acids is 1. The molecule has 3 rings (SSSR count).